The van der Waals surface area contributed by atoms with E-state index in [4.69, 9.17) is 9.47 Å². The van der Waals surface area contributed by atoms with Crippen molar-refractivity contribution in [3.8, 4) is 0 Å². The van der Waals surface area contributed by atoms with Crippen LogP contribution in [0.2, 0.25) is 0 Å². The third-order valence-corrected chi connectivity index (χ3v) is 7.48. The summed E-state index contributed by atoms with van der Waals surface area (Å²) >= 11 is 0. The normalized spacial score (nSPS) is 13.0. The summed E-state index contributed by atoms with van der Waals surface area (Å²) in [4.78, 5) is 24.2. The second-order valence-corrected chi connectivity index (χ2v) is 11.9. The summed E-state index contributed by atoms with van der Waals surface area (Å²) in [5.74, 6) is -0.648. The van der Waals surface area contributed by atoms with E-state index in [1.165, 1.54) is 44.9 Å². The zero-order valence-electron chi connectivity index (χ0n) is 29.6. The van der Waals surface area contributed by atoms with Gasteiger partial charge in [-0.3, -0.25) is 9.59 Å². The number of allylic oxidation sites excluding steroid dienone is 12. The largest absolute Gasteiger partial charge is 0.462 e. The number of aliphatic hydroxyl groups is 1. The maximum atomic E-state index is 12.1. The first-order valence-corrected chi connectivity index (χ1v) is 18.5. The van der Waals surface area contributed by atoms with E-state index in [9.17, 15) is 14.7 Å². The number of carbonyl (C=O) groups excluding carboxylic acids is 2. The van der Waals surface area contributed by atoms with Gasteiger partial charge in [-0.15, -0.1) is 0 Å². The first-order valence-electron chi connectivity index (χ1n) is 18.5. The molecule has 0 aliphatic heterocycles. The van der Waals surface area contributed by atoms with Crippen molar-refractivity contribution < 1.29 is 24.2 Å². The minimum absolute atomic E-state index is 0.0904. The lowest BCUT2D eigenvalue weighted by Crippen LogP contribution is -2.28. The van der Waals surface area contributed by atoms with Gasteiger partial charge in [-0.25, -0.2) is 0 Å². The summed E-state index contributed by atoms with van der Waals surface area (Å²) in [5, 5.41) is 9.53. The Bertz CT molecular complexity index is 864. The van der Waals surface area contributed by atoms with Crippen LogP contribution in [0.5, 0.6) is 0 Å². The molecule has 0 saturated heterocycles. The lowest BCUT2D eigenvalue weighted by atomic mass is 10.1. The Balaban J connectivity index is 3.66. The van der Waals surface area contributed by atoms with Gasteiger partial charge in [-0.05, 0) is 83.5 Å². The smallest absolute Gasteiger partial charge is 0.306 e. The summed E-state index contributed by atoms with van der Waals surface area (Å²) in [6.45, 7) is 3.94. The third-order valence-electron chi connectivity index (χ3n) is 7.48. The topological polar surface area (TPSA) is 72.8 Å². The van der Waals surface area contributed by atoms with Crippen LogP contribution < -0.4 is 0 Å². The van der Waals surface area contributed by atoms with Gasteiger partial charge >= 0.3 is 11.9 Å². The first kappa shape index (κ1) is 43.3. The Labute approximate surface area is 283 Å². The number of carbonyl (C=O) groups is 2. The highest BCUT2D eigenvalue weighted by Crippen LogP contribution is 2.11. The van der Waals surface area contributed by atoms with Crippen LogP contribution in [0.1, 0.15) is 155 Å². The molecule has 262 valence electrons. The van der Waals surface area contributed by atoms with Gasteiger partial charge in [-0.1, -0.05) is 132 Å². The number of aliphatic hydroxyl groups excluding tert-OH is 1. The van der Waals surface area contributed by atoms with Crippen LogP contribution in [0.4, 0.5) is 0 Å². The predicted octanol–water partition coefficient (Wildman–Crippen LogP) is 11.4. The Kier molecular flexibility index (Phi) is 34.7. The van der Waals surface area contributed by atoms with Crippen LogP contribution in [-0.4, -0.2) is 36.4 Å². The Hall–Kier alpha value is -2.66. The molecule has 0 amide bonds. The molecule has 0 radical (unpaired) electrons. The van der Waals surface area contributed by atoms with Crippen molar-refractivity contribution >= 4 is 11.9 Å². The first-order chi connectivity index (χ1) is 22.6. The Morgan fingerprint density at radius 3 is 1.43 bits per heavy atom. The van der Waals surface area contributed by atoms with E-state index in [0.29, 0.717) is 12.8 Å². The maximum Gasteiger partial charge on any atom is 0.306 e. The minimum Gasteiger partial charge on any atom is -0.462 e. The van der Waals surface area contributed by atoms with Gasteiger partial charge in [0.15, 0.2) is 6.10 Å². The minimum atomic E-state index is -0.793. The van der Waals surface area contributed by atoms with Crippen molar-refractivity contribution in [3.05, 3.63) is 72.9 Å². The molecule has 0 bridgehead atoms. The molecule has 5 nitrogen and oxygen atoms in total. The lowest BCUT2D eigenvalue weighted by molar-refractivity contribution is -0.161. The lowest BCUT2D eigenvalue weighted by Gasteiger charge is -2.15. The van der Waals surface area contributed by atoms with Crippen LogP contribution >= 0.6 is 0 Å². The second kappa shape index (κ2) is 36.8. The molecule has 0 aliphatic carbocycles. The van der Waals surface area contributed by atoms with Crippen LogP contribution in [0.15, 0.2) is 72.9 Å². The molecule has 5 heteroatoms. The van der Waals surface area contributed by atoms with Crippen LogP contribution in [0.3, 0.4) is 0 Å². The standard InChI is InChI=1S/C41H68O5/c1-3-5-7-9-11-13-15-17-18-19-20-21-22-24-26-28-30-32-34-36-41(44)46-39(37-42)38-45-40(43)35-33-31-29-27-25-23-16-14-12-10-8-6-4-2/h6,8,11-14,17-18,20-21,23,25,39,42H,3-5,7,9-10,15-16,19,22,24,26-38H2,1-2H3/b8-6-,13-11-,14-12-,18-17-,21-20-,25-23-. The number of ether oxygens (including phenoxy) is 2. The molecule has 1 N–H and O–H groups in total. The van der Waals surface area contributed by atoms with Crippen molar-refractivity contribution in [2.24, 2.45) is 0 Å². The van der Waals surface area contributed by atoms with E-state index in [2.05, 4.69) is 86.8 Å². The van der Waals surface area contributed by atoms with Gasteiger partial charge in [-0.2, -0.15) is 0 Å². The fourth-order valence-corrected chi connectivity index (χ4v) is 4.69. The Morgan fingerprint density at radius 2 is 0.935 bits per heavy atom. The SMILES string of the molecule is CC/C=C\C/C=C\C/C=C\CCCCCC(=O)OCC(CO)OC(=O)CCCCCCCC/C=C\C/C=C\C/C=C\CCCCC. The molecule has 0 aromatic rings. The monoisotopic (exact) mass is 641 g/mol. The average Bonchev–Trinajstić information content (AvgIpc) is 3.06. The average molecular weight is 641 g/mol. The van der Waals surface area contributed by atoms with Gasteiger partial charge in [0.25, 0.3) is 0 Å². The molecule has 0 fully saturated rings. The van der Waals surface area contributed by atoms with E-state index in [0.717, 1.165) is 83.5 Å². The molecule has 0 aromatic heterocycles. The van der Waals surface area contributed by atoms with Crippen molar-refractivity contribution in [2.45, 2.75) is 161 Å². The third kappa shape index (κ3) is 34.2. The van der Waals surface area contributed by atoms with Crippen LogP contribution in [0.25, 0.3) is 0 Å². The highest BCUT2D eigenvalue weighted by molar-refractivity contribution is 5.70. The van der Waals surface area contributed by atoms with Crippen molar-refractivity contribution in [3.63, 3.8) is 0 Å². The van der Waals surface area contributed by atoms with Crippen molar-refractivity contribution in [1.82, 2.24) is 0 Å². The summed E-state index contributed by atoms with van der Waals surface area (Å²) in [7, 11) is 0. The molecule has 46 heavy (non-hydrogen) atoms. The molecular weight excluding hydrogens is 572 g/mol. The van der Waals surface area contributed by atoms with Crippen LogP contribution in [-0.2, 0) is 19.1 Å². The fourth-order valence-electron chi connectivity index (χ4n) is 4.69. The van der Waals surface area contributed by atoms with Gasteiger partial charge in [0.05, 0.1) is 6.61 Å². The van der Waals surface area contributed by atoms with Crippen molar-refractivity contribution in [1.29, 1.82) is 0 Å². The fraction of sp³-hybridized carbons (Fsp3) is 0.659. The molecule has 0 rings (SSSR count). The summed E-state index contributed by atoms with van der Waals surface area (Å²) in [5.41, 5.74) is 0. The molecule has 1 atom stereocenters. The predicted molar refractivity (Wildman–Crippen MR) is 196 cm³/mol. The summed E-state index contributed by atoms with van der Waals surface area (Å²) < 4.78 is 10.5. The molecule has 0 aliphatic rings. The van der Waals surface area contributed by atoms with Gasteiger partial charge in [0.2, 0.25) is 0 Å². The maximum absolute atomic E-state index is 12.1. The molecule has 0 saturated carbocycles. The molecule has 0 spiro atoms. The number of esters is 2. The quantitative estimate of drug-likeness (QED) is 0.0450. The van der Waals surface area contributed by atoms with Gasteiger partial charge in [0, 0.05) is 12.8 Å². The highest BCUT2D eigenvalue weighted by Gasteiger charge is 2.16. The molecule has 0 heterocycles. The zero-order chi connectivity index (χ0) is 33.6. The van der Waals surface area contributed by atoms with E-state index in [1.807, 2.05) is 0 Å². The molecular formula is C41H68O5. The number of unbranched alkanes of at least 4 members (excludes halogenated alkanes) is 12. The van der Waals surface area contributed by atoms with Gasteiger partial charge < -0.3 is 14.6 Å². The zero-order valence-corrected chi connectivity index (χ0v) is 29.6. The summed E-state index contributed by atoms with van der Waals surface area (Å²) in [6, 6.07) is 0. The van der Waals surface area contributed by atoms with Crippen molar-refractivity contribution in [2.75, 3.05) is 13.2 Å². The van der Waals surface area contributed by atoms with E-state index in [-0.39, 0.29) is 25.2 Å². The van der Waals surface area contributed by atoms with E-state index in [1.54, 1.807) is 0 Å². The van der Waals surface area contributed by atoms with Gasteiger partial charge in [0.1, 0.15) is 6.61 Å². The number of hydrogen-bond acceptors (Lipinski definition) is 5. The van der Waals surface area contributed by atoms with E-state index < -0.39 is 6.10 Å². The summed E-state index contributed by atoms with van der Waals surface area (Å²) in [6.07, 6.45) is 48.1. The highest BCUT2D eigenvalue weighted by atomic mass is 16.6. The Morgan fingerprint density at radius 1 is 0.522 bits per heavy atom. The number of hydrogen-bond donors (Lipinski definition) is 1. The van der Waals surface area contributed by atoms with Crippen LogP contribution in [0, 0.1) is 0 Å². The second-order valence-electron chi connectivity index (χ2n) is 11.9. The molecule has 1 unspecified atom stereocenters. The molecule has 0 aromatic carbocycles. The number of rotatable bonds is 32. The van der Waals surface area contributed by atoms with E-state index >= 15 is 0 Å².